The fourth-order valence-electron chi connectivity index (χ4n) is 4.89. The molecule has 2 aliphatic rings. The van der Waals surface area contributed by atoms with Crippen LogP contribution in [0.2, 0.25) is 0 Å². The first-order chi connectivity index (χ1) is 16.4. The van der Waals surface area contributed by atoms with Crippen LogP contribution in [0.25, 0.3) is 10.9 Å². The third-order valence-electron chi connectivity index (χ3n) is 6.98. The number of rotatable bonds is 6. The average molecular weight is 479 g/mol. The van der Waals surface area contributed by atoms with Gasteiger partial charge in [0.1, 0.15) is 4.90 Å². The number of benzene rings is 2. The summed E-state index contributed by atoms with van der Waals surface area (Å²) in [4.78, 5) is 21.9. The van der Waals surface area contributed by atoms with Crippen molar-refractivity contribution in [2.75, 3.05) is 30.9 Å². The van der Waals surface area contributed by atoms with Crippen LogP contribution in [0.15, 0.2) is 65.7 Å². The second-order valence-corrected chi connectivity index (χ2v) is 11.1. The maximum absolute atomic E-state index is 13.1. The molecule has 1 saturated carbocycles. The number of nitrogens with zero attached hydrogens (tertiary/aromatic N) is 3. The molecule has 3 aromatic rings. The van der Waals surface area contributed by atoms with Crippen molar-refractivity contribution >= 4 is 32.5 Å². The topological polar surface area (TPSA) is 82.6 Å². The van der Waals surface area contributed by atoms with Gasteiger partial charge in [-0.25, -0.2) is 8.42 Å². The fraction of sp³-hybridized carbons (Fsp3) is 0.385. The van der Waals surface area contributed by atoms with Crippen molar-refractivity contribution < 1.29 is 13.2 Å². The molecular formula is C26H30N4O3S. The highest BCUT2D eigenvalue weighted by Gasteiger charge is 2.30. The van der Waals surface area contributed by atoms with Crippen molar-refractivity contribution in [2.45, 2.75) is 37.1 Å². The molecule has 5 rings (SSSR count). The van der Waals surface area contributed by atoms with E-state index in [1.165, 1.54) is 19.3 Å². The van der Waals surface area contributed by atoms with Crippen molar-refractivity contribution in [3.8, 4) is 0 Å². The number of fused-ring (bicyclic) bond motifs is 1. The molecule has 0 bridgehead atoms. The van der Waals surface area contributed by atoms with E-state index in [0.29, 0.717) is 16.8 Å². The fourth-order valence-corrected chi connectivity index (χ4v) is 6.13. The highest BCUT2D eigenvalue weighted by atomic mass is 32.2. The molecule has 1 N–H and O–H groups in total. The maximum atomic E-state index is 13.1. The minimum absolute atomic E-state index is 0.0107. The third kappa shape index (κ3) is 4.65. The van der Waals surface area contributed by atoms with E-state index in [1.807, 2.05) is 17.0 Å². The Morgan fingerprint density at radius 1 is 1.06 bits per heavy atom. The molecule has 178 valence electrons. The minimum atomic E-state index is -3.83. The molecule has 0 radical (unpaired) electrons. The van der Waals surface area contributed by atoms with Gasteiger partial charge in [-0.2, -0.15) is 0 Å². The Morgan fingerprint density at radius 2 is 1.82 bits per heavy atom. The van der Waals surface area contributed by atoms with E-state index in [-0.39, 0.29) is 16.8 Å². The van der Waals surface area contributed by atoms with Crippen LogP contribution in [0.1, 0.15) is 36.5 Å². The van der Waals surface area contributed by atoms with Crippen LogP contribution < -0.4 is 4.72 Å². The summed E-state index contributed by atoms with van der Waals surface area (Å²) in [7, 11) is -3.83. The largest absolute Gasteiger partial charge is 0.333 e. The number of hydrogen-bond donors (Lipinski definition) is 1. The number of sulfonamides is 1. The van der Waals surface area contributed by atoms with E-state index in [0.717, 1.165) is 37.5 Å². The van der Waals surface area contributed by atoms with E-state index in [2.05, 4.69) is 21.5 Å². The lowest BCUT2D eigenvalue weighted by atomic mass is 9.85. The summed E-state index contributed by atoms with van der Waals surface area (Å²) in [6.07, 6.45) is 5.60. The molecule has 7 nitrogen and oxygen atoms in total. The van der Waals surface area contributed by atoms with Gasteiger partial charge in [0.2, 0.25) is 0 Å². The third-order valence-corrected chi connectivity index (χ3v) is 8.40. The van der Waals surface area contributed by atoms with Gasteiger partial charge in [0.25, 0.3) is 15.9 Å². The monoisotopic (exact) mass is 478 g/mol. The summed E-state index contributed by atoms with van der Waals surface area (Å²) in [5, 5.41) is 0.758. The lowest BCUT2D eigenvalue weighted by molar-refractivity contribution is 0.0424. The Labute approximate surface area is 200 Å². The molecule has 2 aromatic carbocycles. The van der Waals surface area contributed by atoms with Crippen LogP contribution in [0.3, 0.4) is 0 Å². The standard InChI is InChI=1S/C26H30N4O3S/c1-19-17-29(18-20-5-2-6-20)15-16-30(19)26(31)22-10-12-23(13-11-22)28-34(32,33)24-9-3-7-21-8-4-14-27-25(21)24/h3-4,7-14,19-20,28H,2,5-6,15-18H2,1H3/t19-/m0/s1. The Morgan fingerprint density at radius 3 is 2.53 bits per heavy atom. The van der Waals surface area contributed by atoms with Crippen molar-refractivity contribution in [2.24, 2.45) is 5.92 Å². The number of nitrogens with one attached hydrogen (secondary N) is 1. The lowest BCUT2D eigenvalue weighted by Crippen LogP contribution is -2.55. The van der Waals surface area contributed by atoms with Gasteiger partial charge in [-0.15, -0.1) is 0 Å². The van der Waals surface area contributed by atoms with Crippen LogP contribution in [0, 0.1) is 5.92 Å². The molecule has 1 aromatic heterocycles. The SMILES string of the molecule is C[C@H]1CN(CC2CCC2)CCN1C(=O)c1ccc(NS(=O)(=O)c2cccc3cccnc23)cc1. The molecule has 0 spiro atoms. The van der Waals surface area contributed by atoms with Crippen LogP contribution in [0.4, 0.5) is 5.69 Å². The predicted molar refractivity (Wildman–Crippen MR) is 133 cm³/mol. The minimum Gasteiger partial charge on any atom is -0.333 e. The predicted octanol–water partition coefficient (Wildman–Crippen LogP) is 3.98. The normalized spacial score (nSPS) is 19.7. The van der Waals surface area contributed by atoms with Gasteiger partial charge in [0, 0.05) is 55.1 Å². The first-order valence-electron chi connectivity index (χ1n) is 11.9. The van der Waals surface area contributed by atoms with Gasteiger partial charge in [0.05, 0.1) is 5.52 Å². The molecule has 1 aliphatic carbocycles. The molecule has 8 heteroatoms. The Bertz CT molecular complexity index is 1280. The summed E-state index contributed by atoms with van der Waals surface area (Å²) in [5.74, 6) is 0.818. The zero-order valence-corrected chi connectivity index (χ0v) is 20.2. The molecule has 1 atom stereocenters. The van der Waals surface area contributed by atoms with Crippen LogP contribution in [-0.4, -0.2) is 61.3 Å². The van der Waals surface area contributed by atoms with Crippen molar-refractivity contribution in [1.29, 1.82) is 0 Å². The lowest BCUT2D eigenvalue weighted by Gasteiger charge is -2.42. The van der Waals surface area contributed by atoms with Crippen molar-refractivity contribution in [1.82, 2.24) is 14.8 Å². The summed E-state index contributed by atoms with van der Waals surface area (Å²) in [6.45, 7) is 5.77. The molecule has 1 saturated heterocycles. The number of pyridine rings is 1. The summed E-state index contributed by atoms with van der Waals surface area (Å²) in [6, 6.07) is 15.5. The number of hydrogen-bond acceptors (Lipinski definition) is 5. The first-order valence-corrected chi connectivity index (χ1v) is 13.4. The highest BCUT2D eigenvalue weighted by Crippen LogP contribution is 2.28. The summed E-state index contributed by atoms with van der Waals surface area (Å²) in [5.41, 5.74) is 1.40. The van der Waals surface area contributed by atoms with Crippen molar-refractivity contribution in [3.05, 3.63) is 66.4 Å². The van der Waals surface area contributed by atoms with Gasteiger partial charge in [-0.1, -0.05) is 24.6 Å². The van der Waals surface area contributed by atoms with Gasteiger partial charge >= 0.3 is 0 Å². The zero-order valence-electron chi connectivity index (χ0n) is 19.4. The van der Waals surface area contributed by atoms with E-state index in [4.69, 9.17) is 0 Å². The number of piperazine rings is 1. The second kappa shape index (κ2) is 9.35. The van der Waals surface area contributed by atoms with E-state index >= 15 is 0 Å². The number of anilines is 1. The van der Waals surface area contributed by atoms with Crippen LogP contribution in [-0.2, 0) is 10.0 Å². The quantitative estimate of drug-likeness (QED) is 0.579. The van der Waals surface area contributed by atoms with Crippen molar-refractivity contribution in [3.63, 3.8) is 0 Å². The van der Waals surface area contributed by atoms with Crippen LogP contribution in [0.5, 0.6) is 0 Å². The number of carbonyl (C=O) groups excluding carboxylic acids is 1. The van der Waals surface area contributed by atoms with E-state index in [9.17, 15) is 13.2 Å². The molecule has 1 aliphatic heterocycles. The van der Waals surface area contributed by atoms with Crippen LogP contribution >= 0.6 is 0 Å². The van der Waals surface area contributed by atoms with Gasteiger partial charge in [-0.05, 0) is 62.1 Å². The maximum Gasteiger partial charge on any atom is 0.264 e. The average Bonchev–Trinajstić information content (AvgIpc) is 2.81. The highest BCUT2D eigenvalue weighted by molar-refractivity contribution is 7.93. The number of aromatic nitrogens is 1. The molecule has 2 heterocycles. The molecule has 34 heavy (non-hydrogen) atoms. The first kappa shape index (κ1) is 22.8. The smallest absolute Gasteiger partial charge is 0.264 e. The number of para-hydroxylation sites is 1. The number of carbonyl (C=O) groups is 1. The van der Waals surface area contributed by atoms with Gasteiger partial charge < -0.3 is 4.90 Å². The van der Waals surface area contributed by atoms with E-state index < -0.39 is 10.0 Å². The summed E-state index contributed by atoms with van der Waals surface area (Å²) >= 11 is 0. The molecule has 1 amide bonds. The molecule has 2 fully saturated rings. The van der Waals surface area contributed by atoms with E-state index in [1.54, 1.807) is 48.7 Å². The molecule has 0 unspecified atom stereocenters. The molecular weight excluding hydrogens is 448 g/mol. The Hall–Kier alpha value is -2.97. The van der Waals surface area contributed by atoms with Gasteiger partial charge in [-0.3, -0.25) is 19.4 Å². The van der Waals surface area contributed by atoms with Gasteiger partial charge in [0.15, 0.2) is 0 Å². The zero-order chi connectivity index (χ0) is 23.7. The second-order valence-electron chi connectivity index (χ2n) is 9.42. The Kier molecular flexibility index (Phi) is 6.27. The summed E-state index contributed by atoms with van der Waals surface area (Å²) < 4.78 is 28.7. The Balaban J connectivity index is 1.26. The number of amides is 1.